The molecule has 178 valence electrons. The maximum atomic E-state index is 14.6. The fourth-order valence-corrected chi connectivity index (χ4v) is 3.91. The van der Waals surface area contributed by atoms with Crippen LogP contribution in [0.4, 0.5) is 4.39 Å². The molecule has 2 amide bonds. The van der Waals surface area contributed by atoms with Gasteiger partial charge < -0.3 is 10.2 Å². The minimum atomic E-state index is -0.814. The second-order valence-corrected chi connectivity index (χ2v) is 8.81. The highest BCUT2D eigenvalue weighted by atomic mass is 35.5. The second kappa shape index (κ2) is 12.3. The zero-order chi connectivity index (χ0) is 24.5. The Labute approximate surface area is 205 Å². The fourth-order valence-electron chi connectivity index (χ4n) is 3.71. The van der Waals surface area contributed by atoms with E-state index in [2.05, 4.69) is 5.32 Å². The van der Waals surface area contributed by atoms with Gasteiger partial charge in [0.25, 0.3) is 0 Å². The number of amides is 2. The van der Waals surface area contributed by atoms with Crippen LogP contribution in [0.15, 0.2) is 78.9 Å². The molecule has 0 aliphatic carbocycles. The average molecular weight is 481 g/mol. The lowest BCUT2D eigenvalue weighted by Gasteiger charge is -2.32. The molecule has 2 atom stereocenters. The van der Waals surface area contributed by atoms with Crippen LogP contribution >= 0.6 is 11.6 Å². The zero-order valence-electron chi connectivity index (χ0n) is 19.5. The first-order valence-electron chi connectivity index (χ1n) is 11.5. The monoisotopic (exact) mass is 480 g/mol. The summed E-state index contributed by atoms with van der Waals surface area (Å²) in [6.45, 7) is 3.88. The van der Waals surface area contributed by atoms with Crippen LogP contribution in [0.2, 0.25) is 5.02 Å². The molecule has 3 rings (SSSR count). The van der Waals surface area contributed by atoms with Gasteiger partial charge in [-0.3, -0.25) is 9.59 Å². The predicted molar refractivity (Wildman–Crippen MR) is 134 cm³/mol. The SMILES string of the molecule is CCC(C)NC(=O)C(Cc1ccccc1)N(Cc1ccccc1F)C(=O)Cc1ccccc1Cl. The molecular formula is C28H30ClFN2O2. The van der Waals surface area contributed by atoms with Gasteiger partial charge in [0.05, 0.1) is 6.42 Å². The third-order valence-corrected chi connectivity index (χ3v) is 6.24. The zero-order valence-corrected chi connectivity index (χ0v) is 20.3. The topological polar surface area (TPSA) is 49.4 Å². The van der Waals surface area contributed by atoms with Crippen molar-refractivity contribution in [2.45, 2.75) is 51.7 Å². The average Bonchev–Trinajstić information content (AvgIpc) is 2.84. The normalized spacial score (nSPS) is 12.6. The van der Waals surface area contributed by atoms with Gasteiger partial charge in [-0.25, -0.2) is 4.39 Å². The van der Waals surface area contributed by atoms with Crippen molar-refractivity contribution in [3.8, 4) is 0 Å². The maximum Gasteiger partial charge on any atom is 0.243 e. The van der Waals surface area contributed by atoms with Gasteiger partial charge in [0.15, 0.2) is 0 Å². The standard InChI is InChI=1S/C28H30ClFN2O2/c1-3-20(2)31-28(34)26(17-21-11-5-4-6-12-21)32(19-23-14-8-10-16-25(23)30)27(33)18-22-13-7-9-15-24(22)29/h4-16,20,26H,3,17-19H2,1-2H3,(H,31,34). The number of rotatable bonds is 10. The molecule has 4 nitrogen and oxygen atoms in total. The first-order chi connectivity index (χ1) is 16.4. The molecule has 1 N–H and O–H groups in total. The van der Waals surface area contributed by atoms with Crippen LogP contribution in [0.5, 0.6) is 0 Å². The van der Waals surface area contributed by atoms with Crippen LogP contribution in [0.25, 0.3) is 0 Å². The van der Waals surface area contributed by atoms with E-state index in [4.69, 9.17) is 11.6 Å². The molecule has 0 bridgehead atoms. The molecule has 0 spiro atoms. The van der Waals surface area contributed by atoms with E-state index in [-0.39, 0.29) is 30.8 Å². The van der Waals surface area contributed by atoms with Crippen LogP contribution in [-0.2, 0) is 29.0 Å². The third-order valence-electron chi connectivity index (χ3n) is 5.87. The summed E-state index contributed by atoms with van der Waals surface area (Å²) >= 11 is 6.31. The fraction of sp³-hybridized carbons (Fsp3) is 0.286. The summed E-state index contributed by atoms with van der Waals surface area (Å²) in [4.78, 5) is 28.5. The van der Waals surface area contributed by atoms with E-state index in [1.54, 1.807) is 36.4 Å². The molecule has 0 aliphatic heterocycles. The number of carbonyl (C=O) groups is 2. The highest BCUT2D eigenvalue weighted by Crippen LogP contribution is 2.21. The molecule has 0 saturated carbocycles. The second-order valence-electron chi connectivity index (χ2n) is 8.40. The first kappa shape index (κ1) is 25.4. The number of hydrogen-bond donors (Lipinski definition) is 1. The molecule has 0 saturated heterocycles. The Morgan fingerprint density at radius 3 is 2.21 bits per heavy atom. The van der Waals surface area contributed by atoms with Crippen LogP contribution in [0.3, 0.4) is 0 Å². The molecule has 0 fully saturated rings. The predicted octanol–water partition coefficient (Wildman–Crippen LogP) is 5.58. The number of nitrogens with zero attached hydrogens (tertiary/aromatic N) is 1. The highest BCUT2D eigenvalue weighted by Gasteiger charge is 2.31. The number of halogens is 2. The Morgan fingerprint density at radius 2 is 1.56 bits per heavy atom. The quantitative estimate of drug-likeness (QED) is 0.412. The minimum absolute atomic E-state index is 0.00995. The van der Waals surface area contributed by atoms with Crippen molar-refractivity contribution in [1.82, 2.24) is 10.2 Å². The summed E-state index contributed by atoms with van der Waals surface area (Å²) in [6.07, 6.45) is 1.08. The summed E-state index contributed by atoms with van der Waals surface area (Å²) in [5.41, 5.74) is 1.92. The lowest BCUT2D eigenvalue weighted by atomic mass is 10.0. The molecule has 3 aromatic carbocycles. The largest absolute Gasteiger partial charge is 0.352 e. The van der Waals surface area contributed by atoms with Gasteiger partial charge in [-0.1, -0.05) is 85.3 Å². The number of nitrogens with one attached hydrogen (secondary N) is 1. The molecule has 6 heteroatoms. The number of hydrogen-bond acceptors (Lipinski definition) is 2. The van der Waals surface area contributed by atoms with Crippen LogP contribution in [0.1, 0.15) is 37.0 Å². The Kier molecular flexibility index (Phi) is 9.23. The Balaban J connectivity index is 2.00. The Morgan fingerprint density at radius 1 is 0.941 bits per heavy atom. The smallest absolute Gasteiger partial charge is 0.243 e. The lowest BCUT2D eigenvalue weighted by molar-refractivity contribution is -0.141. The summed E-state index contributed by atoms with van der Waals surface area (Å²) < 4.78 is 14.6. The van der Waals surface area contributed by atoms with Gasteiger partial charge in [-0.2, -0.15) is 0 Å². The van der Waals surface area contributed by atoms with Gasteiger partial charge in [-0.15, -0.1) is 0 Å². The van der Waals surface area contributed by atoms with Gasteiger partial charge in [0, 0.05) is 29.6 Å². The highest BCUT2D eigenvalue weighted by molar-refractivity contribution is 6.31. The number of carbonyl (C=O) groups excluding carboxylic acids is 2. The van der Waals surface area contributed by atoms with Crippen molar-refractivity contribution in [2.75, 3.05) is 0 Å². The van der Waals surface area contributed by atoms with E-state index < -0.39 is 11.9 Å². The first-order valence-corrected chi connectivity index (χ1v) is 11.9. The van der Waals surface area contributed by atoms with E-state index in [0.717, 1.165) is 12.0 Å². The molecule has 34 heavy (non-hydrogen) atoms. The molecule has 0 aliphatic rings. The van der Waals surface area contributed by atoms with Gasteiger partial charge in [-0.05, 0) is 36.6 Å². The van der Waals surface area contributed by atoms with Crippen molar-refractivity contribution in [1.29, 1.82) is 0 Å². The summed E-state index contributed by atoms with van der Waals surface area (Å²) in [7, 11) is 0. The molecular weight excluding hydrogens is 451 g/mol. The van der Waals surface area contributed by atoms with Gasteiger partial charge in [0.2, 0.25) is 11.8 Å². The Hall–Kier alpha value is -3.18. The van der Waals surface area contributed by atoms with Crippen molar-refractivity contribution in [3.05, 3.63) is 106 Å². The van der Waals surface area contributed by atoms with E-state index in [1.807, 2.05) is 50.2 Å². The van der Waals surface area contributed by atoms with E-state index in [1.165, 1.54) is 11.0 Å². The van der Waals surface area contributed by atoms with Crippen LogP contribution < -0.4 is 5.32 Å². The number of benzene rings is 3. The summed E-state index contributed by atoms with van der Waals surface area (Å²) in [5.74, 6) is -0.975. The van der Waals surface area contributed by atoms with E-state index >= 15 is 0 Å². The molecule has 3 aromatic rings. The van der Waals surface area contributed by atoms with Crippen LogP contribution in [0, 0.1) is 5.82 Å². The minimum Gasteiger partial charge on any atom is -0.352 e. The van der Waals surface area contributed by atoms with Crippen molar-refractivity contribution < 1.29 is 14.0 Å². The lowest BCUT2D eigenvalue weighted by Crippen LogP contribution is -2.52. The third kappa shape index (κ3) is 6.91. The summed E-state index contributed by atoms with van der Waals surface area (Å²) in [6, 6.07) is 22.1. The molecule has 0 radical (unpaired) electrons. The molecule has 0 heterocycles. The maximum absolute atomic E-state index is 14.6. The molecule has 2 unspecified atom stereocenters. The Bertz CT molecular complexity index is 1110. The van der Waals surface area contributed by atoms with Gasteiger partial charge >= 0.3 is 0 Å². The van der Waals surface area contributed by atoms with Crippen molar-refractivity contribution in [3.63, 3.8) is 0 Å². The summed E-state index contributed by atoms with van der Waals surface area (Å²) in [5, 5.41) is 3.49. The van der Waals surface area contributed by atoms with E-state index in [9.17, 15) is 14.0 Å². The molecule has 0 aromatic heterocycles. The van der Waals surface area contributed by atoms with Crippen molar-refractivity contribution >= 4 is 23.4 Å². The van der Waals surface area contributed by atoms with Gasteiger partial charge in [0.1, 0.15) is 11.9 Å². The van der Waals surface area contributed by atoms with Crippen LogP contribution in [-0.4, -0.2) is 28.8 Å². The van der Waals surface area contributed by atoms with E-state index in [0.29, 0.717) is 22.6 Å². The van der Waals surface area contributed by atoms with Crippen molar-refractivity contribution in [2.24, 2.45) is 0 Å².